The molecule has 1 aliphatic rings. The number of aromatic nitrogens is 1. The molecular weight excluding hydrogens is 352 g/mol. The molecule has 4 rings (SSSR count). The smallest absolute Gasteiger partial charge is 0.328 e. The molecule has 1 amide bonds. The molecule has 3 aromatic rings. The second-order valence-electron chi connectivity index (χ2n) is 6.97. The molecule has 0 radical (unpaired) electrons. The average Bonchev–Trinajstić information content (AvgIpc) is 2.78. The first-order chi connectivity index (χ1) is 13.7. The number of rotatable bonds is 3. The van der Waals surface area contributed by atoms with Crippen molar-refractivity contribution in [3.05, 3.63) is 66.2 Å². The monoisotopic (exact) mass is 374 g/mol. The van der Waals surface area contributed by atoms with Gasteiger partial charge in [0, 0.05) is 17.5 Å². The minimum atomic E-state index is -0.529. The molecule has 5 nitrogen and oxygen atoms in total. The van der Waals surface area contributed by atoms with Gasteiger partial charge in [0.1, 0.15) is 6.04 Å². The van der Waals surface area contributed by atoms with Crippen LogP contribution in [-0.2, 0) is 9.53 Å². The normalized spacial score (nSPS) is 16.8. The zero-order valence-corrected chi connectivity index (χ0v) is 15.8. The maximum atomic E-state index is 13.5. The largest absolute Gasteiger partial charge is 0.467 e. The standard InChI is InChI=1S/C23H22N2O3/c1-28-23(27)21-13-7-8-14-25(21)22(26)18-15-20(16-9-3-2-4-10-16)24-19-12-6-5-11-17(18)19/h2-6,9-12,15,21H,7-8,13-14H2,1H3. The van der Waals surface area contributed by atoms with Gasteiger partial charge in [-0.15, -0.1) is 0 Å². The number of methoxy groups -OCH3 is 1. The molecule has 1 atom stereocenters. The predicted molar refractivity (Wildman–Crippen MR) is 108 cm³/mol. The lowest BCUT2D eigenvalue weighted by Gasteiger charge is -2.34. The van der Waals surface area contributed by atoms with Crippen LogP contribution in [0.25, 0.3) is 22.2 Å². The van der Waals surface area contributed by atoms with Crippen LogP contribution in [0.3, 0.4) is 0 Å². The third-order valence-electron chi connectivity index (χ3n) is 5.25. The molecule has 0 bridgehead atoms. The number of fused-ring (bicyclic) bond motifs is 1. The van der Waals surface area contributed by atoms with Crippen LogP contribution in [0.5, 0.6) is 0 Å². The Bertz CT molecular complexity index is 1020. The second kappa shape index (κ2) is 7.80. The quantitative estimate of drug-likeness (QED) is 0.649. The fraction of sp³-hybridized carbons (Fsp3) is 0.261. The number of nitrogens with zero attached hydrogens (tertiary/aromatic N) is 2. The average molecular weight is 374 g/mol. The number of amides is 1. The predicted octanol–water partition coefficient (Wildman–Crippen LogP) is 4.07. The first-order valence-electron chi connectivity index (χ1n) is 9.53. The zero-order chi connectivity index (χ0) is 19.5. The topological polar surface area (TPSA) is 59.5 Å². The molecule has 0 aliphatic carbocycles. The van der Waals surface area contributed by atoms with Crippen molar-refractivity contribution in [2.75, 3.05) is 13.7 Å². The highest BCUT2D eigenvalue weighted by Crippen LogP contribution is 2.28. The number of carbonyl (C=O) groups is 2. The number of likely N-dealkylation sites (tertiary alicyclic amines) is 1. The fourth-order valence-electron chi connectivity index (χ4n) is 3.82. The van der Waals surface area contributed by atoms with E-state index < -0.39 is 6.04 Å². The van der Waals surface area contributed by atoms with E-state index in [0.29, 0.717) is 18.5 Å². The maximum Gasteiger partial charge on any atom is 0.328 e. The maximum absolute atomic E-state index is 13.5. The fourth-order valence-corrected chi connectivity index (χ4v) is 3.82. The summed E-state index contributed by atoms with van der Waals surface area (Å²) in [6.07, 6.45) is 2.43. The third kappa shape index (κ3) is 3.36. The molecule has 1 aliphatic heterocycles. The zero-order valence-electron chi connectivity index (χ0n) is 15.8. The van der Waals surface area contributed by atoms with Gasteiger partial charge >= 0.3 is 5.97 Å². The number of ether oxygens (including phenoxy) is 1. The summed E-state index contributed by atoms with van der Waals surface area (Å²) in [5.74, 6) is -0.499. The van der Waals surface area contributed by atoms with Gasteiger partial charge in [-0.1, -0.05) is 48.5 Å². The first-order valence-corrected chi connectivity index (χ1v) is 9.53. The molecule has 28 heavy (non-hydrogen) atoms. The van der Waals surface area contributed by atoms with Crippen molar-refractivity contribution in [2.45, 2.75) is 25.3 Å². The van der Waals surface area contributed by atoms with Crippen molar-refractivity contribution in [3.8, 4) is 11.3 Å². The SMILES string of the molecule is COC(=O)C1CCCCN1C(=O)c1cc(-c2ccccc2)nc2ccccc12. The van der Waals surface area contributed by atoms with Gasteiger partial charge in [-0.2, -0.15) is 0 Å². The number of piperidine rings is 1. The van der Waals surface area contributed by atoms with Gasteiger partial charge in [-0.25, -0.2) is 9.78 Å². The lowest BCUT2D eigenvalue weighted by molar-refractivity contribution is -0.147. The molecule has 142 valence electrons. The minimum Gasteiger partial charge on any atom is -0.467 e. The van der Waals surface area contributed by atoms with Gasteiger partial charge in [-0.3, -0.25) is 4.79 Å². The van der Waals surface area contributed by atoms with Crippen LogP contribution in [-0.4, -0.2) is 41.5 Å². The summed E-state index contributed by atoms with van der Waals surface area (Å²) in [4.78, 5) is 32.2. The number of benzene rings is 2. The number of esters is 1. The van der Waals surface area contributed by atoms with Crippen LogP contribution in [0.1, 0.15) is 29.6 Å². The number of carbonyl (C=O) groups excluding carboxylic acids is 2. The van der Waals surface area contributed by atoms with E-state index in [9.17, 15) is 9.59 Å². The van der Waals surface area contributed by atoms with Crippen LogP contribution in [0.2, 0.25) is 0 Å². The third-order valence-corrected chi connectivity index (χ3v) is 5.25. The lowest BCUT2D eigenvalue weighted by Crippen LogP contribution is -2.48. The number of pyridine rings is 1. The minimum absolute atomic E-state index is 0.147. The van der Waals surface area contributed by atoms with Gasteiger partial charge in [0.05, 0.1) is 23.9 Å². The molecule has 1 unspecified atom stereocenters. The highest BCUT2D eigenvalue weighted by atomic mass is 16.5. The molecule has 1 aromatic heterocycles. The molecule has 0 saturated carbocycles. The first kappa shape index (κ1) is 18.2. The summed E-state index contributed by atoms with van der Waals surface area (Å²) in [5.41, 5.74) is 3.03. The molecule has 2 aromatic carbocycles. The summed E-state index contributed by atoms with van der Waals surface area (Å²) >= 11 is 0. The van der Waals surface area contributed by atoms with E-state index in [1.807, 2.05) is 60.7 Å². The summed E-state index contributed by atoms with van der Waals surface area (Å²) in [6.45, 7) is 0.552. The van der Waals surface area contributed by atoms with E-state index in [4.69, 9.17) is 9.72 Å². The van der Waals surface area contributed by atoms with Crippen LogP contribution in [0, 0.1) is 0 Å². The van der Waals surface area contributed by atoms with Crippen molar-refractivity contribution in [1.82, 2.24) is 9.88 Å². The Hall–Kier alpha value is -3.21. The van der Waals surface area contributed by atoms with Crippen LogP contribution < -0.4 is 0 Å². The molecule has 5 heteroatoms. The summed E-state index contributed by atoms with van der Waals surface area (Å²) in [5, 5.41) is 0.793. The second-order valence-corrected chi connectivity index (χ2v) is 6.97. The van der Waals surface area contributed by atoms with E-state index in [0.717, 1.165) is 35.0 Å². The van der Waals surface area contributed by atoms with Crippen LogP contribution >= 0.6 is 0 Å². The number of hydrogen-bond acceptors (Lipinski definition) is 4. The van der Waals surface area contributed by atoms with Gasteiger partial charge in [0.2, 0.25) is 0 Å². The Morgan fingerprint density at radius 3 is 2.57 bits per heavy atom. The van der Waals surface area contributed by atoms with Crippen LogP contribution in [0.4, 0.5) is 0 Å². The van der Waals surface area contributed by atoms with E-state index >= 15 is 0 Å². The van der Waals surface area contributed by atoms with E-state index in [2.05, 4.69) is 0 Å². The Balaban J connectivity index is 1.82. The Labute approximate surface area is 163 Å². The van der Waals surface area contributed by atoms with Gasteiger partial charge < -0.3 is 9.64 Å². The van der Waals surface area contributed by atoms with Gasteiger partial charge in [0.25, 0.3) is 5.91 Å². The van der Waals surface area contributed by atoms with Crippen molar-refractivity contribution in [3.63, 3.8) is 0 Å². The van der Waals surface area contributed by atoms with Gasteiger partial charge in [-0.05, 0) is 31.4 Å². The Morgan fingerprint density at radius 1 is 1.04 bits per heavy atom. The van der Waals surface area contributed by atoms with Crippen LogP contribution in [0.15, 0.2) is 60.7 Å². The number of para-hydroxylation sites is 1. The molecule has 1 saturated heterocycles. The molecular formula is C23H22N2O3. The lowest BCUT2D eigenvalue weighted by atomic mass is 9.98. The summed E-state index contributed by atoms with van der Waals surface area (Å²) in [7, 11) is 1.37. The molecule has 0 spiro atoms. The van der Waals surface area contributed by atoms with E-state index in [1.165, 1.54) is 7.11 Å². The molecule has 1 fully saturated rings. The Kier molecular flexibility index (Phi) is 5.06. The Morgan fingerprint density at radius 2 is 1.79 bits per heavy atom. The van der Waals surface area contributed by atoms with Crippen molar-refractivity contribution >= 4 is 22.8 Å². The van der Waals surface area contributed by atoms with Crippen molar-refractivity contribution in [1.29, 1.82) is 0 Å². The van der Waals surface area contributed by atoms with Gasteiger partial charge in [0.15, 0.2) is 0 Å². The molecule has 0 N–H and O–H groups in total. The summed E-state index contributed by atoms with van der Waals surface area (Å²) < 4.78 is 4.94. The van der Waals surface area contributed by atoms with E-state index in [-0.39, 0.29) is 11.9 Å². The van der Waals surface area contributed by atoms with E-state index in [1.54, 1.807) is 4.90 Å². The van der Waals surface area contributed by atoms with Crippen molar-refractivity contribution < 1.29 is 14.3 Å². The highest BCUT2D eigenvalue weighted by molar-refractivity contribution is 6.08. The number of hydrogen-bond donors (Lipinski definition) is 0. The highest BCUT2D eigenvalue weighted by Gasteiger charge is 2.34. The molecule has 2 heterocycles. The van der Waals surface area contributed by atoms with Crippen molar-refractivity contribution in [2.24, 2.45) is 0 Å². The summed E-state index contributed by atoms with van der Waals surface area (Å²) in [6, 6.07) is 18.7.